The molecule has 2 aromatic rings. The van der Waals surface area contributed by atoms with Gasteiger partial charge >= 0.3 is 0 Å². The fourth-order valence-electron chi connectivity index (χ4n) is 2.13. The maximum Gasteiger partial charge on any atom is 0.00401 e. The van der Waals surface area contributed by atoms with Gasteiger partial charge in [-0.2, -0.15) is 0 Å². The first kappa shape index (κ1) is 13.6. The number of thiol groups is 2. The first-order chi connectivity index (χ1) is 8.58. The molecule has 0 nitrogen and oxygen atoms in total. The van der Waals surface area contributed by atoms with Crippen LogP contribution in [0.4, 0.5) is 0 Å². The highest BCUT2D eigenvalue weighted by atomic mass is 32.1. The molecule has 18 heavy (non-hydrogen) atoms. The van der Waals surface area contributed by atoms with E-state index in [2.05, 4.69) is 87.6 Å². The van der Waals surface area contributed by atoms with Crippen molar-refractivity contribution in [3.8, 4) is 0 Å². The van der Waals surface area contributed by atoms with Crippen molar-refractivity contribution >= 4 is 25.3 Å². The summed E-state index contributed by atoms with van der Waals surface area (Å²) in [6, 6.07) is 16.9. The van der Waals surface area contributed by atoms with Crippen LogP contribution in [0, 0.1) is 0 Å². The topological polar surface area (TPSA) is 0 Å². The Bertz CT molecular complexity index is 450. The van der Waals surface area contributed by atoms with E-state index in [1.165, 1.54) is 11.1 Å². The van der Waals surface area contributed by atoms with Gasteiger partial charge in [-0.1, -0.05) is 38.1 Å². The lowest BCUT2D eigenvalue weighted by molar-refractivity contribution is 0.623. The fraction of sp³-hybridized carbons (Fsp3) is 0.250. The van der Waals surface area contributed by atoms with Gasteiger partial charge in [0.15, 0.2) is 0 Å². The Balaban J connectivity index is 2.20. The van der Waals surface area contributed by atoms with Crippen molar-refractivity contribution in [3.05, 3.63) is 59.7 Å². The first-order valence-electron chi connectivity index (χ1n) is 6.16. The predicted octanol–water partition coefficient (Wildman–Crippen LogP) is 5.17. The van der Waals surface area contributed by atoms with Crippen LogP contribution < -0.4 is 0 Å². The van der Waals surface area contributed by atoms with Crippen molar-refractivity contribution in [1.29, 1.82) is 0 Å². The van der Waals surface area contributed by atoms with Crippen molar-refractivity contribution in [1.82, 2.24) is 0 Å². The molecular formula is C16H18S2. The van der Waals surface area contributed by atoms with E-state index in [1.807, 2.05) is 0 Å². The zero-order valence-corrected chi connectivity index (χ0v) is 12.5. The second-order valence-electron chi connectivity index (χ2n) is 4.76. The summed E-state index contributed by atoms with van der Waals surface area (Å²) in [4.78, 5) is 2.02. The third-order valence-electron chi connectivity index (χ3n) is 3.59. The lowest BCUT2D eigenvalue weighted by Gasteiger charge is -2.21. The third-order valence-corrected chi connectivity index (χ3v) is 4.18. The predicted molar refractivity (Wildman–Crippen MR) is 84.2 cm³/mol. The van der Waals surface area contributed by atoms with Crippen LogP contribution >= 0.6 is 25.3 Å². The lowest BCUT2D eigenvalue weighted by Crippen LogP contribution is -2.04. The molecule has 2 atom stereocenters. The molecular weight excluding hydrogens is 256 g/mol. The Kier molecular flexibility index (Phi) is 4.41. The molecule has 2 rings (SSSR count). The van der Waals surface area contributed by atoms with Gasteiger partial charge in [-0.3, -0.25) is 0 Å². The minimum absolute atomic E-state index is 0.490. The number of hydrogen-bond acceptors (Lipinski definition) is 2. The van der Waals surface area contributed by atoms with Crippen LogP contribution in [0.5, 0.6) is 0 Å². The van der Waals surface area contributed by atoms with Crippen LogP contribution in [-0.4, -0.2) is 0 Å². The molecule has 0 N–H and O–H groups in total. The molecule has 0 saturated heterocycles. The zero-order chi connectivity index (χ0) is 13.1. The van der Waals surface area contributed by atoms with E-state index in [9.17, 15) is 0 Å². The number of benzene rings is 2. The van der Waals surface area contributed by atoms with Crippen molar-refractivity contribution < 1.29 is 0 Å². The van der Waals surface area contributed by atoms with Crippen LogP contribution in [0.1, 0.15) is 36.8 Å². The Morgan fingerprint density at radius 3 is 1.17 bits per heavy atom. The monoisotopic (exact) mass is 274 g/mol. The molecule has 0 amide bonds. The van der Waals surface area contributed by atoms with E-state index in [0.29, 0.717) is 11.8 Å². The molecule has 0 spiro atoms. The van der Waals surface area contributed by atoms with Gasteiger partial charge in [-0.15, -0.1) is 25.3 Å². The molecule has 2 unspecified atom stereocenters. The summed E-state index contributed by atoms with van der Waals surface area (Å²) < 4.78 is 0. The lowest BCUT2D eigenvalue weighted by atomic mass is 9.84. The summed E-state index contributed by atoms with van der Waals surface area (Å²) in [5, 5.41) is 0. The molecule has 0 radical (unpaired) electrons. The van der Waals surface area contributed by atoms with Crippen molar-refractivity contribution in [2.24, 2.45) is 0 Å². The van der Waals surface area contributed by atoms with Crippen LogP contribution in [-0.2, 0) is 0 Å². The van der Waals surface area contributed by atoms with Crippen molar-refractivity contribution in [2.75, 3.05) is 0 Å². The van der Waals surface area contributed by atoms with Crippen molar-refractivity contribution in [3.63, 3.8) is 0 Å². The zero-order valence-electron chi connectivity index (χ0n) is 10.7. The summed E-state index contributed by atoms with van der Waals surface area (Å²) in [5.41, 5.74) is 2.71. The average molecular weight is 274 g/mol. The second-order valence-corrected chi connectivity index (χ2v) is 5.79. The normalized spacial score (nSPS) is 14.2. The molecule has 0 saturated carbocycles. The molecule has 0 aromatic heterocycles. The van der Waals surface area contributed by atoms with Crippen LogP contribution in [0.2, 0.25) is 0 Å². The van der Waals surface area contributed by atoms with Gasteiger partial charge < -0.3 is 0 Å². The second kappa shape index (κ2) is 5.85. The van der Waals surface area contributed by atoms with Gasteiger partial charge in [0.2, 0.25) is 0 Å². The van der Waals surface area contributed by atoms with E-state index < -0.39 is 0 Å². The third kappa shape index (κ3) is 3.12. The highest BCUT2D eigenvalue weighted by Gasteiger charge is 2.15. The van der Waals surface area contributed by atoms with E-state index in [0.717, 1.165) is 9.79 Å². The summed E-state index contributed by atoms with van der Waals surface area (Å²) in [6.07, 6.45) is 0. The van der Waals surface area contributed by atoms with Crippen LogP contribution in [0.25, 0.3) is 0 Å². The van der Waals surface area contributed by atoms with Crippen LogP contribution in [0.15, 0.2) is 58.3 Å². The minimum atomic E-state index is 0.490. The Morgan fingerprint density at radius 1 is 0.611 bits per heavy atom. The van der Waals surface area contributed by atoms with Gasteiger partial charge in [-0.25, -0.2) is 0 Å². The SMILES string of the molecule is CC(c1ccc(S)cc1)C(C)c1ccc(S)cc1. The first-order valence-corrected chi connectivity index (χ1v) is 7.05. The maximum absolute atomic E-state index is 4.32. The molecule has 2 heteroatoms. The van der Waals surface area contributed by atoms with Gasteiger partial charge in [0.25, 0.3) is 0 Å². The highest BCUT2D eigenvalue weighted by Crippen LogP contribution is 2.32. The Morgan fingerprint density at radius 2 is 0.889 bits per heavy atom. The van der Waals surface area contributed by atoms with E-state index in [1.54, 1.807) is 0 Å². The largest absolute Gasteiger partial charge is 0.143 e. The van der Waals surface area contributed by atoms with E-state index >= 15 is 0 Å². The maximum atomic E-state index is 4.32. The molecule has 2 aromatic carbocycles. The summed E-state index contributed by atoms with van der Waals surface area (Å²) >= 11 is 8.65. The molecule has 0 aliphatic heterocycles. The van der Waals surface area contributed by atoms with Gasteiger partial charge in [0, 0.05) is 9.79 Å². The van der Waals surface area contributed by atoms with Crippen molar-refractivity contribution in [2.45, 2.75) is 35.5 Å². The van der Waals surface area contributed by atoms with Gasteiger partial charge in [0.1, 0.15) is 0 Å². The number of rotatable bonds is 3. The highest BCUT2D eigenvalue weighted by molar-refractivity contribution is 7.80. The Hall–Kier alpha value is -0.860. The molecule has 0 heterocycles. The number of hydrogen-bond donors (Lipinski definition) is 2. The molecule has 0 bridgehead atoms. The smallest absolute Gasteiger partial charge is 0.00401 e. The Labute approximate surface area is 120 Å². The molecule has 0 aliphatic carbocycles. The molecule has 0 fully saturated rings. The van der Waals surface area contributed by atoms with Gasteiger partial charge in [-0.05, 0) is 47.2 Å². The minimum Gasteiger partial charge on any atom is -0.143 e. The fourth-order valence-corrected chi connectivity index (χ4v) is 2.43. The summed E-state index contributed by atoms with van der Waals surface area (Å²) in [6.45, 7) is 4.54. The van der Waals surface area contributed by atoms with Gasteiger partial charge in [0.05, 0.1) is 0 Å². The quantitative estimate of drug-likeness (QED) is 0.709. The summed E-state index contributed by atoms with van der Waals surface area (Å²) in [5.74, 6) is 0.981. The van der Waals surface area contributed by atoms with Crippen LogP contribution in [0.3, 0.4) is 0 Å². The molecule has 0 aliphatic rings. The van der Waals surface area contributed by atoms with E-state index in [4.69, 9.17) is 0 Å². The standard InChI is InChI=1S/C16H18S2/c1-11(13-3-7-15(17)8-4-13)12(2)14-5-9-16(18)10-6-14/h3-12,17-18H,1-2H3. The van der Waals surface area contributed by atoms with E-state index in [-0.39, 0.29) is 0 Å². The average Bonchev–Trinajstić information content (AvgIpc) is 2.39. The summed E-state index contributed by atoms with van der Waals surface area (Å²) in [7, 11) is 0. The molecule has 94 valence electrons.